The summed E-state index contributed by atoms with van der Waals surface area (Å²) in [6.07, 6.45) is 6.20. The summed E-state index contributed by atoms with van der Waals surface area (Å²) in [7, 11) is 1.65. The van der Waals surface area contributed by atoms with Crippen LogP contribution < -0.4 is 9.47 Å². The van der Waals surface area contributed by atoms with E-state index < -0.39 is 0 Å². The first kappa shape index (κ1) is 15.5. The van der Waals surface area contributed by atoms with Crippen molar-refractivity contribution in [2.24, 2.45) is 4.99 Å². The molecule has 3 rings (SSSR count). The maximum Gasteiger partial charge on any atom is 0.163 e. The van der Waals surface area contributed by atoms with E-state index in [4.69, 9.17) is 9.47 Å². The number of carbonyl (C=O) groups is 1. The first-order valence-corrected chi connectivity index (χ1v) is 8.68. The van der Waals surface area contributed by atoms with E-state index in [1.54, 1.807) is 7.11 Å². The Hall–Kier alpha value is -1.36. The minimum Gasteiger partial charge on any atom is -0.493 e. The van der Waals surface area contributed by atoms with Crippen molar-refractivity contribution in [3.63, 3.8) is 0 Å². The van der Waals surface area contributed by atoms with Crippen LogP contribution in [0.5, 0.6) is 11.5 Å². The lowest BCUT2D eigenvalue weighted by molar-refractivity contribution is -0.116. The van der Waals surface area contributed by atoms with Crippen LogP contribution >= 0.6 is 15.9 Å². The number of Topliss-reactive ketones (excluding diaryl/α,β-unsaturated/α-hetero) is 1. The van der Waals surface area contributed by atoms with E-state index in [0.717, 1.165) is 42.2 Å². The van der Waals surface area contributed by atoms with Gasteiger partial charge in [-0.05, 0) is 44.2 Å². The molecule has 118 valence electrons. The minimum atomic E-state index is -0.242. The van der Waals surface area contributed by atoms with Gasteiger partial charge in [0.25, 0.3) is 0 Å². The molecule has 1 aromatic rings. The van der Waals surface area contributed by atoms with Gasteiger partial charge in [-0.2, -0.15) is 0 Å². The average molecular weight is 366 g/mol. The lowest BCUT2D eigenvalue weighted by atomic mass is 10.2. The predicted octanol–water partition coefficient (Wildman–Crippen LogP) is 4.22. The summed E-state index contributed by atoms with van der Waals surface area (Å²) in [4.78, 5) is 16.0. The third kappa shape index (κ3) is 3.35. The Morgan fingerprint density at radius 1 is 1.18 bits per heavy atom. The number of carbonyl (C=O) groups excluding carboxylic acids is 1. The summed E-state index contributed by atoms with van der Waals surface area (Å²) < 4.78 is 11.5. The maximum absolute atomic E-state index is 11.6. The zero-order valence-corrected chi connectivity index (χ0v) is 14.3. The molecule has 0 N–H and O–H groups in total. The molecule has 1 unspecified atom stereocenters. The minimum absolute atomic E-state index is 0.203. The largest absolute Gasteiger partial charge is 0.493 e. The predicted molar refractivity (Wildman–Crippen MR) is 89.9 cm³/mol. The molecule has 0 aromatic heterocycles. The number of aliphatic imine (C=N–C) groups is 1. The van der Waals surface area contributed by atoms with Gasteiger partial charge in [0.05, 0.1) is 18.9 Å². The van der Waals surface area contributed by atoms with Gasteiger partial charge in [-0.15, -0.1) is 0 Å². The summed E-state index contributed by atoms with van der Waals surface area (Å²) in [5, 5.41) is 0. The van der Waals surface area contributed by atoms with E-state index in [1.165, 1.54) is 12.8 Å². The SMILES string of the molecule is COc1ccc(N=C2CCC(=O)C2Br)cc1OC1CCCC1. The molecule has 2 saturated carbocycles. The number of hydrogen-bond donors (Lipinski definition) is 0. The number of benzene rings is 1. The van der Waals surface area contributed by atoms with Crippen molar-refractivity contribution in [3.05, 3.63) is 18.2 Å². The smallest absolute Gasteiger partial charge is 0.163 e. The molecule has 0 heterocycles. The molecular formula is C17H20BrNO3. The molecule has 22 heavy (non-hydrogen) atoms. The first-order valence-electron chi connectivity index (χ1n) is 7.76. The summed E-state index contributed by atoms with van der Waals surface area (Å²) in [5.74, 6) is 1.68. The molecule has 0 saturated heterocycles. The number of alkyl halides is 1. The van der Waals surface area contributed by atoms with Gasteiger partial charge in [0.1, 0.15) is 4.83 Å². The monoisotopic (exact) mass is 365 g/mol. The first-order chi connectivity index (χ1) is 10.7. The highest BCUT2D eigenvalue weighted by Crippen LogP contribution is 2.35. The van der Waals surface area contributed by atoms with Gasteiger partial charge in [0, 0.05) is 18.2 Å². The third-order valence-electron chi connectivity index (χ3n) is 4.22. The highest BCUT2D eigenvalue weighted by molar-refractivity contribution is 9.10. The third-order valence-corrected chi connectivity index (χ3v) is 5.26. The fraction of sp³-hybridized carbons (Fsp3) is 0.529. The van der Waals surface area contributed by atoms with Gasteiger partial charge in [-0.3, -0.25) is 9.79 Å². The lowest BCUT2D eigenvalue weighted by Gasteiger charge is -2.16. The van der Waals surface area contributed by atoms with Crippen LogP contribution in [0.25, 0.3) is 0 Å². The molecule has 5 heteroatoms. The molecular weight excluding hydrogens is 346 g/mol. The number of rotatable bonds is 4. The number of hydrogen-bond acceptors (Lipinski definition) is 4. The lowest BCUT2D eigenvalue weighted by Crippen LogP contribution is -2.13. The van der Waals surface area contributed by atoms with Crippen molar-refractivity contribution in [3.8, 4) is 11.5 Å². The number of ether oxygens (including phenoxy) is 2. The number of nitrogens with zero attached hydrogens (tertiary/aromatic N) is 1. The van der Waals surface area contributed by atoms with E-state index in [2.05, 4.69) is 20.9 Å². The summed E-state index contributed by atoms with van der Waals surface area (Å²) in [6, 6.07) is 5.69. The van der Waals surface area contributed by atoms with E-state index in [0.29, 0.717) is 6.42 Å². The Labute approximate surface area is 139 Å². The second-order valence-corrected chi connectivity index (χ2v) is 6.71. The molecule has 0 radical (unpaired) electrons. The number of methoxy groups -OCH3 is 1. The van der Waals surface area contributed by atoms with Crippen molar-refractivity contribution in [1.82, 2.24) is 0 Å². The van der Waals surface area contributed by atoms with Crippen molar-refractivity contribution < 1.29 is 14.3 Å². The van der Waals surface area contributed by atoms with Crippen LogP contribution in [-0.4, -0.2) is 29.5 Å². The average Bonchev–Trinajstić information content (AvgIpc) is 3.13. The zero-order chi connectivity index (χ0) is 15.5. The van der Waals surface area contributed by atoms with Crippen LogP contribution in [-0.2, 0) is 4.79 Å². The van der Waals surface area contributed by atoms with Crippen molar-refractivity contribution in [2.75, 3.05) is 7.11 Å². The van der Waals surface area contributed by atoms with Gasteiger partial charge in [0.15, 0.2) is 17.3 Å². The quantitative estimate of drug-likeness (QED) is 0.750. The molecule has 2 aliphatic rings. The number of ketones is 1. The Bertz CT molecular complexity index is 594. The van der Waals surface area contributed by atoms with Gasteiger partial charge in [-0.1, -0.05) is 15.9 Å². The van der Waals surface area contributed by atoms with Crippen LogP contribution in [0.2, 0.25) is 0 Å². The second kappa shape index (κ2) is 6.82. The van der Waals surface area contributed by atoms with Crippen LogP contribution in [0.15, 0.2) is 23.2 Å². The van der Waals surface area contributed by atoms with Crippen molar-refractivity contribution in [2.45, 2.75) is 49.5 Å². The molecule has 1 aromatic carbocycles. The molecule has 0 spiro atoms. The Kier molecular flexibility index (Phi) is 4.81. The highest BCUT2D eigenvalue weighted by atomic mass is 79.9. The van der Waals surface area contributed by atoms with Crippen LogP contribution in [0.3, 0.4) is 0 Å². The van der Waals surface area contributed by atoms with Crippen LogP contribution in [0, 0.1) is 0 Å². The fourth-order valence-electron chi connectivity index (χ4n) is 2.98. The molecule has 2 aliphatic carbocycles. The normalized spacial score (nSPS) is 24.2. The van der Waals surface area contributed by atoms with Gasteiger partial charge >= 0.3 is 0 Å². The maximum atomic E-state index is 11.6. The molecule has 0 amide bonds. The number of halogens is 1. The van der Waals surface area contributed by atoms with E-state index in [9.17, 15) is 4.79 Å². The summed E-state index contributed by atoms with van der Waals surface area (Å²) >= 11 is 3.41. The van der Waals surface area contributed by atoms with Gasteiger partial charge < -0.3 is 9.47 Å². The second-order valence-electron chi connectivity index (χ2n) is 5.79. The topological polar surface area (TPSA) is 47.9 Å². The van der Waals surface area contributed by atoms with Gasteiger partial charge in [0.2, 0.25) is 0 Å². The standard InChI is InChI=1S/C17H20BrNO3/c1-21-15-9-6-11(19-13-7-8-14(20)17(13)18)10-16(15)22-12-4-2-3-5-12/h6,9-10,12,17H,2-5,7-8H2,1H3. The molecule has 2 fully saturated rings. The highest BCUT2D eigenvalue weighted by Gasteiger charge is 2.28. The Morgan fingerprint density at radius 3 is 2.59 bits per heavy atom. The molecule has 0 bridgehead atoms. The van der Waals surface area contributed by atoms with Crippen LogP contribution in [0.1, 0.15) is 38.5 Å². The van der Waals surface area contributed by atoms with E-state index in [-0.39, 0.29) is 16.7 Å². The Balaban J connectivity index is 1.83. The zero-order valence-electron chi connectivity index (χ0n) is 12.7. The van der Waals surface area contributed by atoms with E-state index >= 15 is 0 Å². The Morgan fingerprint density at radius 2 is 1.95 bits per heavy atom. The van der Waals surface area contributed by atoms with Crippen LogP contribution in [0.4, 0.5) is 5.69 Å². The summed E-state index contributed by atoms with van der Waals surface area (Å²) in [5.41, 5.74) is 1.70. The molecule has 0 aliphatic heterocycles. The molecule has 4 nitrogen and oxygen atoms in total. The van der Waals surface area contributed by atoms with Crippen molar-refractivity contribution >= 4 is 33.1 Å². The molecule has 1 atom stereocenters. The summed E-state index contributed by atoms with van der Waals surface area (Å²) in [6.45, 7) is 0. The van der Waals surface area contributed by atoms with Gasteiger partial charge in [-0.25, -0.2) is 0 Å². The van der Waals surface area contributed by atoms with Crippen molar-refractivity contribution in [1.29, 1.82) is 0 Å². The van der Waals surface area contributed by atoms with E-state index in [1.807, 2.05) is 18.2 Å². The fourth-order valence-corrected chi connectivity index (χ4v) is 3.54.